The van der Waals surface area contributed by atoms with Gasteiger partial charge >= 0.3 is 0 Å². The predicted molar refractivity (Wildman–Crippen MR) is 125 cm³/mol. The topological polar surface area (TPSA) is 74.8 Å². The fraction of sp³-hybridized carbons (Fsp3) is 0.263. The number of hydrogen-bond acceptors (Lipinski definition) is 3. The summed E-state index contributed by atoms with van der Waals surface area (Å²) in [5.41, 5.74) is 1.87. The summed E-state index contributed by atoms with van der Waals surface area (Å²) < 4.78 is 5.11. The molecule has 0 radical (unpaired) electrons. The maximum absolute atomic E-state index is 12.0. The molecular formula is C19H23Cl2IN4O2. The van der Waals surface area contributed by atoms with Crippen LogP contribution in [0, 0.1) is 0 Å². The molecule has 1 amide bonds. The van der Waals surface area contributed by atoms with E-state index in [-0.39, 0.29) is 36.4 Å². The molecule has 0 spiro atoms. The van der Waals surface area contributed by atoms with Crippen LogP contribution in [0.15, 0.2) is 47.5 Å². The molecule has 0 aromatic heterocycles. The summed E-state index contributed by atoms with van der Waals surface area (Å²) >= 11 is 12.0. The van der Waals surface area contributed by atoms with Gasteiger partial charge in [0.2, 0.25) is 5.91 Å². The van der Waals surface area contributed by atoms with Gasteiger partial charge in [0.25, 0.3) is 0 Å². The second-order valence-electron chi connectivity index (χ2n) is 5.64. The molecule has 0 aliphatic heterocycles. The first-order chi connectivity index (χ1) is 13.0. The number of nitrogens with one attached hydrogen (secondary N) is 3. The van der Waals surface area contributed by atoms with Crippen LogP contribution in [0.25, 0.3) is 0 Å². The molecule has 9 heteroatoms. The van der Waals surface area contributed by atoms with E-state index in [1.54, 1.807) is 26.3 Å². The van der Waals surface area contributed by atoms with Crippen molar-refractivity contribution in [1.82, 2.24) is 16.0 Å². The summed E-state index contributed by atoms with van der Waals surface area (Å²) in [6.07, 6.45) is 0. The Morgan fingerprint density at radius 3 is 2.36 bits per heavy atom. The second kappa shape index (κ2) is 12.7. The van der Waals surface area contributed by atoms with Gasteiger partial charge in [-0.25, -0.2) is 0 Å². The van der Waals surface area contributed by atoms with Crippen LogP contribution >= 0.6 is 47.2 Å². The molecule has 2 rings (SSSR count). The average Bonchev–Trinajstić information content (AvgIpc) is 2.68. The molecule has 0 saturated carbocycles. The molecule has 2 aromatic rings. The molecule has 6 nitrogen and oxygen atoms in total. The highest BCUT2D eigenvalue weighted by Gasteiger charge is 2.06. The van der Waals surface area contributed by atoms with Crippen LogP contribution in [0.1, 0.15) is 11.1 Å². The lowest BCUT2D eigenvalue weighted by molar-refractivity contribution is -0.120. The van der Waals surface area contributed by atoms with E-state index in [0.717, 1.165) is 16.9 Å². The van der Waals surface area contributed by atoms with Crippen LogP contribution in [-0.4, -0.2) is 32.6 Å². The van der Waals surface area contributed by atoms with E-state index in [1.165, 1.54) is 0 Å². The molecule has 0 aliphatic rings. The zero-order valence-corrected chi connectivity index (χ0v) is 19.4. The summed E-state index contributed by atoms with van der Waals surface area (Å²) in [6, 6.07) is 12.8. The van der Waals surface area contributed by atoms with Gasteiger partial charge in [-0.3, -0.25) is 9.79 Å². The van der Waals surface area contributed by atoms with Crippen LogP contribution in [0.3, 0.4) is 0 Å². The summed E-state index contributed by atoms with van der Waals surface area (Å²) in [4.78, 5) is 16.1. The monoisotopic (exact) mass is 536 g/mol. The van der Waals surface area contributed by atoms with Crippen molar-refractivity contribution in [2.75, 3.05) is 20.7 Å². The van der Waals surface area contributed by atoms with E-state index in [2.05, 4.69) is 20.9 Å². The molecule has 0 bridgehead atoms. The lowest BCUT2D eigenvalue weighted by Crippen LogP contribution is -2.42. The number of carbonyl (C=O) groups excluding carboxylic acids is 1. The highest BCUT2D eigenvalue weighted by atomic mass is 127. The number of carbonyl (C=O) groups is 1. The minimum atomic E-state index is -0.140. The number of hydrogen-bond donors (Lipinski definition) is 3. The molecule has 0 aliphatic carbocycles. The molecule has 0 fully saturated rings. The largest absolute Gasteiger partial charge is 0.497 e. The van der Waals surface area contributed by atoms with E-state index in [4.69, 9.17) is 27.9 Å². The summed E-state index contributed by atoms with van der Waals surface area (Å²) in [6.45, 7) is 1.00. The predicted octanol–water partition coefficient (Wildman–Crippen LogP) is 3.60. The van der Waals surface area contributed by atoms with Crippen molar-refractivity contribution in [3.8, 4) is 5.75 Å². The number of amides is 1. The zero-order chi connectivity index (χ0) is 19.6. The molecule has 152 valence electrons. The molecule has 0 saturated heterocycles. The van der Waals surface area contributed by atoms with E-state index < -0.39 is 0 Å². The van der Waals surface area contributed by atoms with Crippen LogP contribution in [0.5, 0.6) is 5.75 Å². The van der Waals surface area contributed by atoms with Crippen molar-refractivity contribution >= 4 is 59.0 Å². The summed E-state index contributed by atoms with van der Waals surface area (Å²) in [5.74, 6) is 1.14. The van der Waals surface area contributed by atoms with E-state index in [0.29, 0.717) is 29.1 Å². The highest BCUT2D eigenvalue weighted by molar-refractivity contribution is 14.0. The van der Waals surface area contributed by atoms with Crippen LogP contribution in [0.4, 0.5) is 0 Å². The van der Waals surface area contributed by atoms with Gasteiger partial charge in [-0.1, -0.05) is 41.4 Å². The maximum atomic E-state index is 12.0. The van der Waals surface area contributed by atoms with Gasteiger partial charge in [0.15, 0.2) is 5.96 Å². The Hall–Kier alpha value is -1.71. The van der Waals surface area contributed by atoms with Gasteiger partial charge in [-0.15, -0.1) is 24.0 Å². The van der Waals surface area contributed by atoms with Gasteiger partial charge in [0, 0.05) is 30.2 Å². The Bertz CT molecular complexity index is 801. The van der Waals surface area contributed by atoms with Crippen molar-refractivity contribution in [3.05, 3.63) is 63.6 Å². The third-order valence-electron chi connectivity index (χ3n) is 3.75. The Morgan fingerprint density at radius 2 is 1.75 bits per heavy atom. The first kappa shape index (κ1) is 24.3. The smallest absolute Gasteiger partial charge is 0.239 e. The fourth-order valence-corrected chi connectivity index (χ4v) is 2.71. The molecule has 0 unspecified atom stereocenters. The highest BCUT2D eigenvalue weighted by Crippen LogP contribution is 2.20. The number of aliphatic imine (C=N–C) groups is 1. The first-order valence-electron chi connectivity index (χ1n) is 8.30. The van der Waals surface area contributed by atoms with Gasteiger partial charge in [0.1, 0.15) is 5.75 Å². The number of ether oxygens (including phenoxy) is 1. The second-order valence-corrected chi connectivity index (χ2v) is 6.48. The maximum Gasteiger partial charge on any atom is 0.239 e. The van der Waals surface area contributed by atoms with Crippen LogP contribution in [-0.2, 0) is 17.9 Å². The lowest BCUT2D eigenvalue weighted by atomic mass is 10.2. The SMILES string of the molecule is CN=C(NCC(=O)NCc1ccc(OC)cc1)NCc1ccc(Cl)cc1Cl.I. The Balaban J connectivity index is 0.00000392. The number of nitrogens with zero attached hydrogens (tertiary/aromatic N) is 1. The van der Waals surface area contributed by atoms with Crippen molar-refractivity contribution in [2.24, 2.45) is 4.99 Å². The number of guanidine groups is 1. The molecular weight excluding hydrogens is 514 g/mol. The van der Waals surface area contributed by atoms with Gasteiger partial charge in [0.05, 0.1) is 13.7 Å². The number of halogens is 3. The minimum Gasteiger partial charge on any atom is -0.497 e. The third kappa shape index (κ3) is 8.12. The molecule has 3 N–H and O–H groups in total. The third-order valence-corrected chi connectivity index (χ3v) is 4.34. The lowest BCUT2D eigenvalue weighted by Gasteiger charge is -2.13. The quantitative estimate of drug-likeness (QED) is 0.287. The first-order valence-corrected chi connectivity index (χ1v) is 9.05. The van der Waals surface area contributed by atoms with Gasteiger partial charge in [-0.2, -0.15) is 0 Å². The van der Waals surface area contributed by atoms with E-state index >= 15 is 0 Å². The van der Waals surface area contributed by atoms with Crippen molar-refractivity contribution < 1.29 is 9.53 Å². The van der Waals surface area contributed by atoms with Crippen molar-refractivity contribution in [1.29, 1.82) is 0 Å². The van der Waals surface area contributed by atoms with Crippen LogP contribution in [0.2, 0.25) is 10.0 Å². The average molecular weight is 537 g/mol. The Morgan fingerprint density at radius 1 is 1.04 bits per heavy atom. The Kier molecular flexibility index (Phi) is 11.0. The van der Waals surface area contributed by atoms with Crippen molar-refractivity contribution in [3.63, 3.8) is 0 Å². The minimum absolute atomic E-state index is 0. The summed E-state index contributed by atoms with van der Waals surface area (Å²) in [7, 11) is 3.25. The standard InChI is InChI=1S/C19H22Cl2N4O2.HI/c1-22-19(24-11-14-5-6-15(20)9-17(14)21)25-12-18(26)23-10-13-3-7-16(27-2)8-4-13;/h3-9H,10-12H2,1-2H3,(H,23,26)(H2,22,24,25);1H. The number of methoxy groups -OCH3 is 1. The molecule has 2 aromatic carbocycles. The van der Waals surface area contributed by atoms with Crippen LogP contribution < -0.4 is 20.7 Å². The normalized spacial score (nSPS) is 10.6. The van der Waals surface area contributed by atoms with E-state index in [9.17, 15) is 4.79 Å². The van der Waals surface area contributed by atoms with Gasteiger partial charge in [-0.05, 0) is 35.4 Å². The van der Waals surface area contributed by atoms with E-state index in [1.807, 2.05) is 30.3 Å². The molecule has 28 heavy (non-hydrogen) atoms. The van der Waals surface area contributed by atoms with Crippen molar-refractivity contribution in [2.45, 2.75) is 13.1 Å². The molecule has 0 heterocycles. The zero-order valence-electron chi connectivity index (χ0n) is 15.6. The summed E-state index contributed by atoms with van der Waals surface area (Å²) in [5, 5.41) is 10.1. The Labute approximate surface area is 192 Å². The number of rotatable bonds is 7. The fourth-order valence-electron chi connectivity index (χ4n) is 2.24. The van der Waals surface area contributed by atoms with Gasteiger partial charge < -0.3 is 20.7 Å². The number of benzene rings is 2. The molecule has 0 atom stereocenters.